The Morgan fingerprint density at radius 1 is 1.37 bits per heavy atom. The quantitative estimate of drug-likeness (QED) is 0.343. The average molecular weight is 425 g/mol. The van der Waals surface area contributed by atoms with Gasteiger partial charge < -0.3 is 9.47 Å². The molecule has 1 aliphatic carbocycles. The molecule has 0 saturated heterocycles. The van der Waals surface area contributed by atoms with Gasteiger partial charge in [-0.1, -0.05) is 20.8 Å². The number of hydrogen-bond acceptors (Lipinski definition) is 6. The molecule has 5 nitrogen and oxygen atoms in total. The summed E-state index contributed by atoms with van der Waals surface area (Å²) in [6, 6.07) is 7.68. The summed E-state index contributed by atoms with van der Waals surface area (Å²) in [6.07, 6.45) is 4.80. The molecule has 0 aliphatic heterocycles. The molecule has 0 fully saturated rings. The third kappa shape index (κ3) is 4.91. The molecule has 158 valence electrons. The third-order valence-corrected chi connectivity index (χ3v) is 6.60. The smallest absolute Gasteiger partial charge is 0.308 e. The Kier molecular flexibility index (Phi) is 6.62. The van der Waals surface area contributed by atoms with Crippen LogP contribution in [0.15, 0.2) is 23.2 Å². The zero-order valence-electron chi connectivity index (χ0n) is 18.2. The van der Waals surface area contributed by atoms with Gasteiger partial charge >= 0.3 is 5.97 Å². The Balaban J connectivity index is 1.88. The maximum Gasteiger partial charge on any atom is 0.308 e. The largest absolute Gasteiger partial charge is 0.490 e. The highest BCUT2D eigenvalue weighted by Crippen LogP contribution is 2.44. The van der Waals surface area contributed by atoms with Gasteiger partial charge in [0.25, 0.3) is 0 Å². The lowest BCUT2D eigenvalue weighted by molar-refractivity contribution is -0.132. The highest BCUT2D eigenvalue weighted by molar-refractivity contribution is 7.16. The summed E-state index contributed by atoms with van der Waals surface area (Å²) in [5, 5.41) is 10.5. The number of nitriles is 1. The molecule has 1 aromatic heterocycles. The Morgan fingerprint density at radius 2 is 2.13 bits per heavy atom. The molecular formula is C24H28N2O3S. The summed E-state index contributed by atoms with van der Waals surface area (Å²) in [5.74, 6) is 1.11. The van der Waals surface area contributed by atoms with Gasteiger partial charge in [0.2, 0.25) is 0 Å². The predicted octanol–water partition coefficient (Wildman–Crippen LogP) is 5.85. The molecule has 1 aromatic carbocycles. The number of carbonyl (C=O) groups excluding carboxylic acids is 1. The minimum absolute atomic E-state index is 0.261. The molecule has 1 atom stereocenters. The second kappa shape index (κ2) is 9.01. The van der Waals surface area contributed by atoms with Crippen molar-refractivity contribution in [3.63, 3.8) is 0 Å². The van der Waals surface area contributed by atoms with Crippen LogP contribution < -0.4 is 9.47 Å². The predicted molar refractivity (Wildman–Crippen MR) is 120 cm³/mol. The van der Waals surface area contributed by atoms with E-state index in [0.717, 1.165) is 29.8 Å². The molecule has 3 rings (SSSR count). The lowest BCUT2D eigenvalue weighted by Crippen LogP contribution is -2.26. The first-order chi connectivity index (χ1) is 14.2. The van der Waals surface area contributed by atoms with E-state index in [4.69, 9.17) is 9.47 Å². The van der Waals surface area contributed by atoms with Gasteiger partial charge in [-0.25, -0.2) is 4.99 Å². The summed E-state index contributed by atoms with van der Waals surface area (Å²) < 4.78 is 10.8. The maximum absolute atomic E-state index is 11.3. The van der Waals surface area contributed by atoms with E-state index in [0.29, 0.717) is 29.6 Å². The molecule has 0 unspecified atom stereocenters. The first kappa shape index (κ1) is 22.0. The number of benzene rings is 1. The first-order valence-corrected chi connectivity index (χ1v) is 11.1. The fourth-order valence-electron chi connectivity index (χ4n) is 3.76. The molecule has 0 radical (unpaired) electrons. The second-order valence-corrected chi connectivity index (χ2v) is 9.68. The van der Waals surface area contributed by atoms with Crippen LogP contribution in [-0.4, -0.2) is 18.8 Å². The SMILES string of the molecule is CCOc1cc(C=Nc2sc3c(c2C#N)CC[C@@H](C(C)(C)C)C3)ccc1OC(C)=O. The topological polar surface area (TPSA) is 71.7 Å². The van der Waals surface area contributed by atoms with E-state index >= 15 is 0 Å². The van der Waals surface area contributed by atoms with E-state index in [9.17, 15) is 10.1 Å². The van der Waals surface area contributed by atoms with E-state index in [1.807, 2.05) is 13.0 Å². The number of carbonyl (C=O) groups is 1. The normalized spacial score (nSPS) is 16.2. The van der Waals surface area contributed by atoms with Crippen molar-refractivity contribution < 1.29 is 14.3 Å². The van der Waals surface area contributed by atoms with Gasteiger partial charge in [-0.3, -0.25) is 4.79 Å². The van der Waals surface area contributed by atoms with Gasteiger partial charge in [-0.15, -0.1) is 11.3 Å². The van der Waals surface area contributed by atoms with E-state index < -0.39 is 5.97 Å². The molecule has 6 heteroatoms. The van der Waals surface area contributed by atoms with Crippen molar-refractivity contribution in [3.8, 4) is 17.6 Å². The lowest BCUT2D eigenvalue weighted by atomic mass is 9.72. The summed E-state index contributed by atoms with van der Waals surface area (Å²) in [6.45, 7) is 10.6. The van der Waals surface area contributed by atoms with Crippen LogP contribution in [0, 0.1) is 22.7 Å². The van der Waals surface area contributed by atoms with Crippen molar-refractivity contribution in [2.45, 2.75) is 53.9 Å². The maximum atomic E-state index is 11.3. The molecule has 0 N–H and O–H groups in total. The molecule has 30 heavy (non-hydrogen) atoms. The number of fused-ring (bicyclic) bond motifs is 1. The minimum Gasteiger partial charge on any atom is -0.490 e. The molecule has 1 aliphatic rings. The van der Waals surface area contributed by atoms with Gasteiger partial charge in [0, 0.05) is 18.0 Å². The zero-order chi connectivity index (χ0) is 21.9. The van der Waals surface area contributed by atoms with Crippen molar-refractivity contribution in [2.24, 2.45) is 16.3 Å². The molecule has 2 aromatic rings. The van der Waals surface area contributed by atoms with Crippen LogP contribution in [0.25, 0.3) is 0 Å². The fourth-order valence-corrected chi connectivity index (χ4v) is 4.98. The van der Waals surface area contributed by atoms with Crippen molar-refractivity contribution in [1.29, 1.82) is 5.26 Å². The molecule has 1 heterocycles. The number of rotatable bonds is 5. The van der Waals surface area contributed by atoms with Gasteiger partial charge in [0.05, 0.1) is 12.2 Å². The van der Waals surface area contributed by atoms with Gasteiger partial charge in [0.15, 0.2) is 11.5 Å². The Labute approximate surface area is 182 Å². The summed E-state index contributed by atoms with van der Waals surface area (Å²) in [4.78, 5) is 17.2. The van der Waals surface area contributed by atoms with E-state index in [1.165, 1.54) is 17.4 Å². The van der Waals surface area contributed by atoms with Gasteiger partial charge in [-0.2, -0.15) is 5.26 Å². The summed E-state index contributed by atoms with van der Waals surface area (Å²) in [7, 11) is 0. The van der Waals surface area contributed by atoms with Crippen molar-refractivity contribution in [2.75, 3.05) is 6.61 Å². The van der Waals surface area contributed by atoms with Crippen LogP contribution in [0.5, 0.6) is 11.5 Å². The molecule has 0 saturated carbocycles. The highest BCUT2D eigenvalue weighted by atomic mass is 32.1. The van der Waals surface area contributed by atoms with Crippen LogP contribution in [0.1, 0.15) is 62.6 Å². The van der Waals surface area contributed by atoms with Crippen LogP contribution in [0.2, 0.25) is 0 Å². The van der Waals surface area contributed by atoms with Crippen LogP contribution in [-0.2, 0) is 17.6 Å². The monoisotopic (exact) mass is 424 g/mol. The Morgan fingerprint density at radius 3 is 2.77 bits per heavy atom. The van der Waals surface area contributed by atoms with Crippen LogP contribution in [0.4, 0.5) is 5.00 Å². The number of nitrogens with zero attached hydrogens (tertiary/aromatic N) is 2. The minimum atomic E-state index is -0.395. The lowest BCUT2D eigenvalue weighted by Gasteiger charge is -2.33. The number of ether oxygens (including phenoxy) is 2. The van der Waals surface area contributed by atoms with Crippen molar-refractivity contribution in [1.82, 2.24) is 0 Å². The van der Waals surface area contributed by atoms with Crippen LogP contribution >= 0.6 is 11.3 Å². The van der Waals surface area contributed by atoms with Gasteiger partial charge in [0.1, 0.15) is 11.1 Å². The number of thiophene rings is 1. The van der Waals surface area contributed by atoms with E-state index in [-0.39, 0.29) is 5.41 Å². The molecule has 0 bridgehead atoms. The van der Waals surface area contributed by atoms with Gasteiger partial charge in [-0.05, 0) is 66.8 Å². The number of hydrogen-bond donors (Lipinski definition) is 0. The number of aliphatic imine (C=N–C) groups is 1. The van der Waals surface area contributed by atoms with Crippen molar-refractivity contribution in [3.05, 3.63) is 39.8 Å². The molecule has 0 amide bonds. The van der Waals surface area contributed by atoms with Crippen molar-refractivity contribution >= 4 is 28.5 Å². The average Bonchev–Trinajstić information content (AvgIpc) is 3.04. The van der Waals surface area contributed by atoms with E-state index in [2.05, 4.69) is 31.8 Å². The standard InChI is InChI=1S/C24H28N2O3S/c1-6-28-21-11-16(7-10-20(21)29-15(2)27)14-26-23-19(13-25)18-9-8-17(24(3,4)5)12-22(18)30-23/h7,10-11,14,17H,6,8-9,12H2,1-5H3/t17-/m1/s1. The summed E-state index contributed by atoms with van der Waals surface area (Å²) in [5.41, 5.74) is 2.96. The summed E-state index contributed by atoms with van der Waals surface area (Å²) >= 11 is 1.63. The Hall–Kier alpha value is -2.65. The zero-order valence-corrected chi connectivity index (χ0v) is 19.1. The highest BCUT2D eigenvalue weighted by Gasteiger charge is 2.32. The third-order valence-electron chi connectivity index (χ3n) is 5.44. The molecular weight excluding hydrogens is 396 g/mol. The number of esters is 1. The van der Waals surface area contributed by atoms with E-state index in [1.54, 1.807) is 29.7 Å². The first-order valence-electron chi connectivity index (χ1n) is 10.3. The Bertz CT molecular complexity index is 1010. The fraction of sp³-hybridized carbons (Fsp3) is 0.458. The van der Waals surface area contributed by atoms with Crippen LogP contribution in [0.3, 0.4) is 0 Å². The second-order valence-electron chi connectivity index (χ2n) is 8.59. The molecule has 0 spiro atoms.